The van der Waals surface area contributed by atoms with Crippen molar-refractivity contribution >= 4 is 6.03 Å². The van der Waals surface area contributed by atoms with Crippen LogP contribution in [0.1, 0.15) is 19.8 Å². The van der Waals surface area contributed by atoms with Crippen molar-refractivity contribution in [3.8, 4) is 0 Å². The maximum Gasteiger partial charge on any atom is 0.312 e. The zero-order valence-electron chi connectivity index (χ0n) is 11.2. The predicted octanol–water partition coefficient (Wildman–Crippen LogP) is 0.172. The van der Waals surface area contributed by atoms with Crippen LogP contribution in [0.25, 0.3) is 0 Å². The van der Waals surface area contributed by atoms with Gasteiger partial charge in [-0.15, -0.1) is 0 Å². The molecule has 0 aromatic rings. The number of nitrogens with one attached hydrogen (secondary N) is 1. The third-order valence-corrected chi connectivity index (χ3v) is 2.92. The van der Waals surface area contributed by atoms with E-state index in [2.05, 4.69) is 17.1 Å². The maximum absolute atomic E-state index is 10.6. The highest BCUT2D eigenvalue weighted by Gasteiger charge is 2.20. The van der Waals surface area contributed by atoms with Crippen LogP contribution in [0.3, 0.4) is 0 Å². The average Bonchev–Trinajstić information content (AvgIpc) is 2.37. The van der Waals surface area contributed by atoms with Crippen LogP contribution in [-0.2, 0) is 9.47 Å². The Balaban J connectivity index is 2.08. The van der Waals surface area contributed by atoms with Crippen LogP contribution in [0.4, 0.5) is 4.79 Å². The van der Waals surface area contributed by atoms with Crippen LogP contribution >= 0.6 is 0 Å². The minimum atomic E-state index is -0.501. The molecule has 0 aromatic heterocycles. The highest BCUT2D eigenvalue weighted by atomic mass is 16.5. The topological polar surface area (TPSA) is 76.8 Å². The fourth-order valence-electron chi connectivity index (χ4n) is 1.86. The van der Waals surface area contributed by atoms with Gasteiger partial charge in [0.1, 0.15) is 0 Å². The Kier molecular flexibility index (Phi) is 7.71. The van der Waals surface area contributed by atoms with E-state index >= 15 is 0 Å². The molecule has 2 amide bonds. The first-order valence-electron chi connectivity index (χ1n) is 6.67. The van der Waals surface area contributed by atoms with E-state index in [9.17, 15) is 4.79 Å². The van der Waals surface area contributed by atoms with E-state index in [1.165, 1.54) is 6.42 Å². The highest BCUT2D eigenvalue weighted by Crippen LogP contribution is 2.04. The van der Waals surface area contributed by atoms with Gasteiger partial charge in [-0.3, -0.25) is 4.90 Å². The molecule has 0 aliphatic carbocycles. The van der Waals surface area contributed by atoms with Crippen LogP contribution in [0.2, 0.25) is 0 Å². The molecule has 0 aromatic carbocycles. The van der Waals surface area contributed by atoms with Gasteiger partial charge in [-0.25, -0.2) is 4.79 Å². The van der Waals surface area contributed by atoms with E-state index in [-0.39, 0.29) is 6.10 Å². The predicted molar refractivity (Wildman–Crippen MR) is 69.5 cm³/mol. The Morgan fingerprint density at radius 3 is 3.11 bits per heavy atom. The third-order valence-electron chi connectivity index (χ3n) is 2.92. The standard InChI is InChI=1S/C12H25N3O3/c1-2-3-6-17-7-4-15-5-8-18-11(10-15)9-14-12(13)16/h11H,2-10H2,1H3,(H3,13,14,16). The van der Waals surface area contributed by atoms with Gasteiger partial charge in [0, 0.05) is 32.8 Å². The second-order valence-electron chi connectivity index (χ2n) is 4.50. The fraction of sp³-hybridized carbons (Fsp3) is 0.917. The maximum atomic E-state index is 10.6. The molecule has 0 radical (unpaired) electrons. The zero-order valence-corrected chi connectivity index (χ0v) is 11.2. The summed E-state index contributed by atoms with van der Waals surface area (Å²) in [6.45, 7) is 7.58. The second-order valence-corrected chi connectivity index (χ2v) is 4.50. The number of rotatable bonds is 8. The lowest BCUT2D eigenvalue weighted by Gasteiger charge is -2.32. The minimum Gasteiger partial charge on any atom is -0.380 e. The first kappa shape index (κ1) is 15.2. The molecule has 1 rings (SSSR count). The van der Waals surface area contributed by atoms with Crippen molar-refractivity contribution in [3.05, 3.63) is 0 Å². The number of carbonyl (C=O) groups is 1. The van der Waals surface area contributed by atoms with Gasteiger partial charge < -0.3 is 20.5 Å². The molecule has 0 spiro atoms. The van der Waals surface area contributed by atoms with Gasteiger partial charge in [0.25, 0.3) is 0 Å². The molecule has 1 aliphatic heterocycles. The minimum absolute atomic E-state index is 0.0295. The molecule has 1 atom stereocenters. The Bertz CT molecular complexity index is 239. The fourth-order valence-corrected chi connectivity index (χ4v) is 1.86. The molecule has 1 unspecified atom stereocenters. The lowest BCUT2D eigenvalue weighted by Crippen LogP contribution is -2.49. The third kappa shape index (κ3) is 6.78. The summed E-state index contributed by atoms with van der Waals surface area (Å²) in [5.41, 5.74) is 5.03. The summed E-state index contributed by atoms with van der Waals surface area (Å²) in [5.74, 6) is 0. The number of hydrogen-bond acceptors (Lipinski definition) is 4. The largest absolute Gasteiger partial charge is 0.380 e. The Morgan fingerprint density at radius 1 is 1.56 bits per heavy atom. The van der Waals surface area contributed by atoms with Gasteiger partial charge >= 0.3 is 6.03 Å². The normalized spacial score (nSPS) is 20.8. The summed E-state index contributed by atoms with van der Waals surface area (Å²) in [4.78, 5) is 12.9. The van der Waals surface area contributed by atoms with Gasteiger partial charge in [-0.2, -0.15) is 0 Å². The van der Waals surface area contributed by atoms with Gasteiger partial charge in [-0.1, -0.05) is 13.3 Å². The quantitative estimate of drug-likeness (QED) is 0.609. The van der Waals surface area contributed by atoms with Crippen molar-refractivity contribution in [2.45, 2.75) is 25.9 Å². The van der Waals surface area contributed by atoms with Crippen LogP contribution in [0, 0.1) is 0 Å². The van der Waals surface area contributed by atoms with Gasteiger partial charge in [-0.05, 0) is 6.42 Å². The number of carbonyl (C=O) groups excluding carboxylic acids is 1. The van der Waals surface area contributed by atoms with Crippen molar-refractivity contribution in [3.63, 3.8) is 0 Å². The summed E-state index contributed by atoms with van der Waals surface area (Å²) in [7, 11) is 0. The molecule has 3 N–H and O–H groups in total. The molecule has 1 saturated heterocycles. The van der Waals surface area contributed by atoms with E-state index in [1.54, 1.807) is 0 Å². The van der Waals surface area contributed by atoms with Crippen molar-refractivity contribution in [2.75, 3.05) is 46.0 Å². The van der Waals surface area contributed by atoms with Crippen LogP contribution in [-0.4, -0.2) is 63.0 Å². The summed E-state index contributed by atoms with van der Waals surface area (Å²) in [6.07, 6.45) is 2.31. The molecule has 6 heteroatoms. The summed E-state index contributed by atoms with van der Waals surface area (Å²) in [6, 6.07) is -0.501. The van der Waals surface area contributed by atoms with Crippen LogP contribution in [0.5, 0.6) is 0 Å². The number of hydrogen-bond donors (Lipinski definition) is 2. The number of primary amides is 1. The number of amides is 2. The zero-order chi connectivity index (χ0) is 13.2. The van der Waals surface area contributed by atoms with Crippen molar-refractivity contribution in [2.24, 2.45) is 5.73 Å². The summed E-state index contributed by atoms with van der Waals surface area (Å²) in [5, 5.41) is 2.58. The van der Waals surface area contributed by atoms with E-state index in [0.717, 1.165) is 39.3 Å². The molecule has 0 saturated carbocycles. The average molecular weight is 259 g/mol. The summed E-state index contributed by atoms with van der Waals surface area (Å²) >= 11 is 0. The molecule has 1 heterocycles. The first-order valence-corrected chi connectivity index (χ1v) is 6.67. The monoisotopic (exact) mass is 259 g/mol. The molecular weight excluding hydrogens is 234 g/mol. The van der Waals surface area contributed by atoms with Crippen molar-refractivity contribution in [1.29, 1.82) is 0 Å². The number of nitrogens with zero attached hydrogens (tertiary/aromatic N) is 1. The lowest BCUT2D eigenvalue weighted by molar-refractivity contribution is -0.0337. The molecule has 0 bridgehead atoms. The smallest absolute Gasteiger partial charge is 0.312 e. The van der Waals surface area contributed by atoms with Gasteiger partial charge in [0.05, 0.1) is 19.3 Å². The molecule has 1 fully saturated rings. The van der Waals surface area contributed by atoms with Crippen molar-refractivity contribution < 1.29 is 14.3 Å². The van der Waals surface area contributed by atoms with Gasteiger partial charge in [0.15, 0.2) is 0 Å². The lowest BCUT2D eigenvalue weighted by atomic mass is 10.2. The number of unbranched alkanes of at least 4 members (excludes halogenated alkanes) is 1. The summed E-state index contributed by atoms with van der Waals surface area (Å²) < 4.78 is 11.1. The highest BCUT2D eigenvalue weighted by molar-refractivity contribution is 5.71. The molecular formula is C12H25N3O3. The van der Waals surface area contributed by atoms with Crippen LogP contribution < -0.4 is 11.1 Å². The first-order chi connectivity index (χ1) is 8.72. The van der Waals surface area contributed by atoms with Crippen LogP contribution in [0.15, 0.2) is 0 Å². The Morgan fingerprint density at radius 2 is 2.39 bits per heavy atom. The Hall–Kier alpha value is -0.850. The number of urea groups is 1. The van der Waals surface area contributed by atoms with Crippen molar-refractivity contribution in [1.82, 2.24) is 10.2 Å². The SMILES string of the molecule is CCCCOCCN1CCOC(CNC(N)=O)C1. The van der Waals surface area contributed by atoms with E-state index in [4.69, 9.17) is 15.2 Å². The second kappa shape index (κ2) is 9.13. The molecule has 18 heavy (non-hydrogen) atoms. The van der Waals surface area contributed by atoms with E-state index in [1.807, 2.05) is 0 Å². The van der Waals surface area contributed by atoms with E-state index in [0.29, 0.717) is 13.2 Å². The Labute approximate surface area is 109 Å². The molecule has 106 valence electrons. The van der Waals surface area contributed by atoms with E-state index < -0.39 is 6.03 Å². The van der Waals surface area contributed by atoms with Gasteiger partial charge in [0.2, 0.25) is 0 Å². The number of nitrogens with two attached hydrogens (primary N) is 1. The number of ether oxygens (including phenoxy) is 2. The molecule has 1 aliphatic rings. The molecule has 6 nitrogen and oxygen atoms in total. The number of morpholine rings is 1.